The van der Waals surface area contributed by atoms with E-state index in [1.807, 2.05) is 74.5 Å². The molecule has 0 amide bonds. The largest absolute Gasteiger partial charge is 0.463 e. The molecule has 9 nitrogen and oxygen atoms in total. The van der Waals surface area contributed by atoms with Crippen molar-refractivity contribution >= 4 is 25.7 Å². The lowest BCUT2D eigenvalue weighted by Crippen LogP contribution is -2.60. The van der Waals surface area contributed by atoms with Gasteiger partial charge in [-0.05, 0) is 37.1 Å². The molecular weight excluding hydrogens is 577 g/mol. The lowest BCUT2D eigenvalue weighted by Gasteiger charge is -2.50. The Hall–Kier alpha value is -3.78. The van der Waals surface area contributed by atoms with Crippen molar-refractivity contribution in [1.82, 2.24) is 5.32 Å². The highest BCUT2D eigenvalue weighted by molar-refractivity contribution is 7.50. The highest BCUT2D eigenvalue weighted by Crippen LogP contribution is 2.64. The molecule has 10 heteroatoms. The second-order valence-electron chi connectivity index (χ2n) is 12.2. The first-order chi connectivity index (χ1) is 21.1. The van der Waals surface area contributed by atoms with E-state index in [1.54, 1.807) is 6.07 Å². The standard InChI is InChI=1S/C34H40N3O6P/c1-25-20-31(28-14-11-17-30(21-28)37(39)40)34(26(2)35-25,44-42-23-33(3,4)24-43-44)32(38)41-19-18-36(29-15-9-6-10-16-29)22-27-12-7-5-8-13-27/h5-17,20-21,26,31,35H,18-19,22-24H2,1-4H3. The summed E-state index contributed by atoms with van der Waals surface area (Å²) in [5.41, 5.74) is 3.41. The number of esters is 1. The summed E-state index contributed by atoms with van der Waals surface area (Å²) in [4.78, 5) is 28.1. The van der Waals surface area contributed by atoms with E-state index >= 15 is 0 Å². The van der Waals surface area contributed by atoms with Gasteiger partial charge < -0.3 is 24.0 Å². The Bertz CT molecular complexity index is 1470. The Morgan fingerprint density at radius 2 is 1.70 bits per heavy atom. The molecule has 0 aliphatic carbocycles. The summed E-state index contributed by atoms with van der Waals surface area (Å²) in [6.45, 7) is 10.1. The van der Waals surface area contributed by atoms with Crippen molar-refractivity contribution < 1.29 is 23.5 Å². The second-order valence-corrected chi connectivity index (χ2v) is 14.0. The third-order valence-corrected chi connectivity index (χ3v) is 10.3. The lowest BCUT2D eigenvalue weighted by molar-refractivity contribution is -0.384. The molecule has 5 rings (SSSR count). The zero-order valence-corrected chi connectivity index (χ0v) is 26.5. The number of nitro benzene ring substituents is 1. The molecule has 44 heavy (non-hydrogen) atoms. The number of nitrogens with zero attached hydrogens (tertiary/aromatic N) is 2. The van der Waals surface area contributed by atoms with Crippen LogP contribution in [-0.4, -0.2) is 48.5 Å². The van der Waals surface area contributed by atoms with Gasteiger partial charge in [0.2, 0.25) is 0 Å². The zero-order valence-electron chi connectivity index (χ0n) is 25.6. The van der Waals surface area contributed by atoms with Crippen LogP contribution in [0.5, 0.6) is 0 Å². The number of nitro groups is 1. The molecule has 0 bridgehead atoms. The van der Waals surface area contributed by atoms with Gasteiger partial charge in [-0.1, -0.05) is 80.6 Å². The van der Waals surface area contributed by atoms with Crippen LogP contribution in [0.1, 0.15) is 44.7 Å². The average molecular weight is 618 g/mol. The SMILES string of the molecule is CC1=CC(c2cccc([N+](=O)[O-])c2)C(C(=O)OCCN(Cc2ccccc2)c2ccccc2)(P2OCC(C)(C)CO2)C(C)N1. The number of hydrogen-bond donors (Lipinski definition) is 1. The smallest absolute Gasteiger partial charge is 0.324 e. The van der Waals surface area contributed by atoms with E-state index in [4.69, 9.17) is 13.8 Å². The summed E-state index contributed by atoms with van der Waals surface area (Å²) < 4.78 is 19.0. The minimum Gasteiger partial charge on any atom is -0.463 e. The minimum absolute atomic E-state index is 0.0409. The number of rotatable bonds is 10. The maximum atomic E-state index is 14.6. The molecule has 1 fully saturated rings. The fourth-order valence-corrected chi connectivity index (χ4v) is 8.32. The van der Waals surface area contributed by atoms with Crippen LogP contribution in [0.4, 0.5) is 11.4 Å². The van der Waals surface area contributed by atoms with Crippen molar-refractivity contribution in [2.75, 3.05) is 31.3 Å². The number of anilines is 1. The first-order valence-corrected chi connectivity index (χ1v) is 16.0. The van der Waals surface area contributed by atoms with Crippen molar-refractivity contribution in [2.45, 2.75) is 51.4 Å². The quantitative estimate of drug-likeness (QED) is 0.113. The Morgan fingerprint density at radius 3 is 2.36 bits per heavy atom. The van der Waals surface area contributed by atoms with E-state index in [0.29, 0.717) is 31.9 Å². The van der Waals surface area contributed by atoms with Gasteiger partial charge >= 0.3 is 5.97 Å². The number of carbonyl (C=O) groups excluding carboxylic acids is 1. The molecule has 0 spiro atoms. The van der Waals surface area contributed by atoms with Crippen LogP contribution in [0.3, 0.4) is 0 Å². The number of ether oxygens (including phenoxy) is 1. The second kappa shape index (κ2) is 13.5. The molecule has 3 aromatic rings. The molecular formula is C34H40N3O6P. The van der Waals surface area contributed by atoms with Crippen LogP contribution in [-0.2, 0) is 25.1 Å². The number of hydrogen-bond acceptors (Lipinski definition) is 8. The monoisotopic (exact) mass is 617 g/mol. The molecule has 3 unspecified atom stereocenters. The number of para-hydroxylation sites is 1. The molecule has 1 saturated heterocycles. The summed E-state index contributed by atoms with van der Waals surface area (Å²) >= 11 is 0. The fourth-order valence-electron chi connectivity index (χ4n) is 5.84. The summed E-state index contributed by atoms with van der Waals surface area (Å²) in [5, 5.41) is 13.9. The third kappa shape index (κ3) is 6.80. The van der Waals surface area contributed by atoms with E-state index in [-0.39, 0.29) is 17.7 Å². The van der Waals surface area contributed by atoms with Crippen LogP contribution in [0, 0.1) is 15.5 Å². The number of benzene rings is 3. The Balaban J connectivity index is 1.47. The van der Waals surface area contributed by atoms with Gasteiger partial charge in [0, 0.05) is 47.4 Å². The minimum atomic E-state index is -1.80. The zero-order chi connectivity index (χ0) is 31.3. The van der Waals surface area contributed by atoms with Crippen molar-refractivity contribution in [3.05, 3.63) is 118 Å². The summed E-state index contributed by atoms with van der Waals surface area (Å²) in [6.07, 6.45) is 1.95. The topological polar surface area (TPSA) is 103 Å². The fraction of sp³-hybridized carbons (Fsp3) is 0.382. The predicted octanol–water partition coefficient (Wildman–Crippen LogP) is 6.95. The molecule has 1 N–H and O–H groups in total. The highest BCUT2D eigenvalue weighted by atomic mass is 31.2. The van der Waals surface area contributed by atoms with Gasteiger partial charge in [0.25, 0.3) is 5.69 Å². The molecule has 2 aliphatic heterocycles. The van der Waals surface area contributed by atoms with E-state index in [2.05, 4.69) is 36.2 Å². The Kier molecular flexibility index (Phi) is 9.68. The Morgan fingerprint density at radius 1 is 1.05 bits per heavy atom. The molecule has 3 aromatic carbocycles. The molecule has 3 atom stereocenters. The van der Waals surface area contributed by atoms with Crippen molar-refractivity contribution in [2.24, 2.45) is 5.41 Å². The first kappa shape index (κ1) is 31.6. The molecule has 2 heterocycles. The number of allylic oxidation sites excluding steroid dienone is 2. The lowest BCUT2D eigenvalue weighted by atomic mass is 9.77. The average Bonchev–Trinajstić information content (AvgIpc) is 3.01. The Labute approximate surface area is 260 Å². The number of non-ortho nitro benzene ring substituents is 1. The summed E-state index contributed by atoms with van der Waals surface area (Å²) in [6, 6.07) is 26.2. The van der Waals surface area contributed by atoms with Crippen molar-refractivity contribution in [1.29, 1.82) is 0 Å². The molecule has 232 valence electrons. The molecule has 0 radical (unpaired) electrons. The number of nitrogens with one attached hydrogen (secondary N) is 1. The van der Waals surface area contributed by atoms with Gasteiger partial charge in [-0.15, -0.1) is 0 Å². The van der Waals surface area contributed by atoms with Crippen LogP contribution in [0.2, 0.25) is 0 Å². The van der Waals surface area contributed by atoms with E-state index in [0.717, 1.165) is 16.9 Å². The van der Waals surface area contributed by atoms with Gasteiger partial charge in [0.05, 0.1) is 24.7 Å². The van der Waals surface area contributed by atoms with Gasteiger partial charge in [0.15, 0.2) is 13.5 Å². The summed E-state index contributed by atoms with van der Waals surface area (Å²) in [5.74, 6) is -1.02. The van der Waals surface area contributed by atoms with Crippen molar-refractivity contribution in [3.8, 4) is 0 Å². The van der Waals surface area contributed by atoms with E-state index in [1.165, 1.54) is 12.1 Å². The van der Waals surface area contributed by atoms with Gasteiger partial charge in [-0.2, -0.15) is 0 Å². The predicted molar refractivity (Wildman–Crippen MR) is 172 cm³/mol. The van der Waals surface area contributed by atoms with Crippen molar-refractivity contribution in [3.63, 3.8) is 0 Å². The van der Waals surface area contributed by atoms with Crippen LogP contribution in [0.15, 0.2) is 96.7 Å². The van der Waals surface area contributed by atoms with E-state index < -0.39 is 36.4 Å². The third-order valence-electron chi connectivity index (χ3n) is 8.14. The first-order valence-electron chi connectivity index (χ1n) is 14.9. The highest BCUT2D eigenvalue weighted by Gasteiger charge is 2.62. The number of carbonyl (C=O) groups is 1. The normalized spacial score (nSPS) is 23.2. The van der Waals surface area contributed by atoms with E-state index in [9.17, 15) is 14.9 Å². The summed E-state index contributed by atoms with van der Waals surface area (Å²) in [7, 11) is -1.80. The maximum Gasteiger partial charge on any atom is 0.324 e. The van der Waals surface area contributed by atoms with Crippen LogP contribution < -0.4 is 10.2 Å². The van der Waals surface area contributed by atoms with Gasteiger partial charge in [-0.3, -0.25) is 14.9 Å². The molecule has 0 aromatic heterocycles. The van der Waals surface area contributed by atoms with Gasteiger partial charge in [-0.25, -0.2) is 0 Å². The molecule has 2 aliphatic rings. The molecule has 0 saturated carbocycles. The maximum absolute atomic E-state index is 14.6. The van der Waals surface area contributed by atoms with Gasteiger partial charge in [0.1, 0.15) is 6.61 Å². The van der Waals surface area contributed by atoms with Crippen LogP contribution in [0.25, 0.3) is 0 Å². The van der Waals surface area contributed by atoms with Crippen LogP contribution >= 0.6 is 8.38 Å².